The van der Waals surface area contributed by atoms with E-state index < -0.39 is 84.6 Å². The number of pyridine rings is 1. The Balaban J connectivity index is 1.46. The van der Waals surface area contributed by atoms with Crippen molar-refractivity contribution in [3.63, 3.8) is 0 Å². The highest BCUT2D eigenvalue weighted by atomic mass is 16.3. The van der Waals surface area contributed by atoms with Gasteiger partial charge in [-0.25, -0.2) is 4.98 Å². The van der Waals surface area contributed by atoms with Crippen LogP contribution in [0.1, 0.15) is 38.6 Å². The Hall–Kier alpha value is -6.26. The molecular formula is C45H35N3O. The van der Waals surface area contributed by atoms with Crippen molar-refractivity contribution in [2.75, 3.05) is 0 Å². The Kier molecular flexibility index (Phi) is 4.36. The third kappa shape index (κ3) is 5.68. The van der Waals surface area contributed by atoms with Crippen LogP contribution in [-0.4, -0.2) is 19.6 Å². The molecule has 0 fully saturated rings. The largest absolute Gasteiger partial charge is 0.507 e. The van der Waals surface area contributed by atoms with E-state index in [0.29, 0.717) is 33.5 Å². The van der Waals surface area contributed by atoms with Gasteiger partial charge in [0.25, 0.3) is 0 Å². The van der Waals surface area contributed by atoms with E-state index in [1.807, 2.05) is 43.3 Å². The number of hydrogen-bond donors (Lipinski definition) is 1. The van der Waals surface area contributed by atoms with Crippen molar-refractivity contribution in [1.82, 2.24) is 14.5 Å². The van der Waals surface area contributed by atoms with Crippen LogP contribution in [0, 0.1) is 20.6 Å². The summed E-state index contributed by atoms with van der Waals surface area (Å²) in [7, 11) is 0. The summed E-state index contributed by atoms with van der Waals surface area (Å²) >= 11 is 0. The predicted octanol–water partition coefficient (Wildman–Crippen LogP) is 11.4. The van der Waals surface area contributed by atoms with Crippen LogP contribution >= 0.6 is 0 Å². The molecule has 1 N–H and O–H groups in total. The zero-order valence-corrected chi connectivity index (χ0v) is 25.9. The van der Waals surface area contributed by atoms with Crippen molar-refractivity contribution in [2.24, 2.45) is 0 Å². The van der Waals surface area contributed by atoms with Gasteiger partial charge in [-0.2, -0.15) is 0 Å². The van der Waals surface area contributed by atoms with E-state index in [2.05, 4.69) is 4.98 Å². The van der Waals surface area contributed by atoms with Crippen LogP contribution in [0.25, 0.3) is 72.7 Å². The molecule has 49 heavy (non-hydrogen) atoms. The van der Waals surface area contributed by atoms with E-state index in [-0.39, 0.29) is 40.1 Å². The molecule has 8 rings (SSSR count). The molecule has 0 aliphatic rings. The minimum atomic E-state index is -3.01. The molecule has 0 aliphatic heterocycles. The van der Waals surface area contributed by atoms with Crippen LogP contribution in [0.4, 0.5) is 0 Å². The first-order chi connectivity index (χ1) is 30.5. The fourth-order valence-electron chi connectivity index (χ4n) is 5.88. The molecule has 0 spiro atoms. The van der Waals surface area contributed by atoms with Crippen molar-refractivity contribution in [3.8, 4) is 67.5 Å². The standard InChI is InChI=1S/C45H35N3O/c1-29-17-19-33(20-18-29)35-25-36(27-37(26-35)41-28-34(21-22-46-41)32-11-6-4-7-12-32)39-15-10-16-42-43(39)47-45(48(42)38-13-8-5-9-14-38)40-24-30(2)23-31(3)44(40)49/h4-28,49H,1-3H3/i2D3,3D3,4D,5D,6D,7D,8D,9D,11D,12D,13D,14D. The second-order valence-corrected chi connectivity index (χ2v) is 11.4. The molecule has 236 valence electrons. The first-order valence-corrected chi connectivity index (χ1v) is 15.2. The minimum absolute atomic E-state index is 0.0162. The van der Waals surface area contributed by atoms with E-state index in [1.54, 1.807) is 36.4 Å². The summed E-state index contributed by atoms with van der Waals surface area (Å²) in [5.41, 5.74) is 2.96. The number of benzene rings is 6. The fourth-order valence-corrected chi connectivity index (χ4v) is 5.88. The number of fused-ring (bicyclic) bond motifs is 1. The Morgan fingerprint density at radius 2 is 1.39 bits per heavy atom. The second-order valence-electron chi connectivity index (χ2n) is 11.4. The summed E-state index contributed by atoms with van der Waals surface area (Å²) in [6.45, 7) is -3.95. The molecule has 0 bridgehead atoms. The molecular weight excluding hydrogens is 599 g/mol. The van der Waals surface area contributed by atoms with Crippen LogP contribution < -0.4 is 0 Å². The van der Waals surface area contributed by atoms with Crippen LogP contribution in [0.15, 0.2) is 152 Å². The smallest absolute Gasteiger partial charge is 0.149 e. The second kappa shape index (κ2) is 12.4. The van der Waals surface area contributed by atoms with Gasteiger partial charge in [0.05, 0.1) is 36.0 Å². The minimum Gasteiger partial charge on any atom is -0.507 e. The SMILES string of the molecule is [2H]c1c([2H])c([2H])c(-c2ccnc(-c3cc(-c4ccc(C)cc4)cc(-c4cccc5c4nc(-c4cc(C([2H])([2H])[2H])cc(C([2H])([2H])[2H])c4O)n5-c4c([2H])c([2H])c([2H])c([2H])c4[2H])c3)c2)c([2H])c1[2H]. The number of aryl methyl sites for hydroxylation is 3. The van der Waals surface area contributed by atoms with Gasteiger partial charge in [0, 0.05) is 31.2 Å². The zero-order chi connectivity index (χ0) is 47.2. The highest BCUT2D eigenvalue weighted by Gasteiger charge is 2.21. The van der Waals surface area contributed by atoms with Crippen LogP contribution in [-0.2, 0) is 0 Å². The number of imidazole rings is 1. The van der Waals surface area contributed by atoms with Gasteiger partial charge in [-0.15, -0.1) is 0 Å². The summed E-state index contributed by atoms with van der Waals surface area (Å²) in [6.07, 6.45) is 1.46. The van der Waals surface area contributed by atoms with E-state index in [1.165, 1.54) is 10.8 Å². The number of nitrogens with zero attached hydrogens (tertiary/aromatic N) is 3. The Morgan fingerprint density at radius 3 is 2.16 bits per heavy atom. The molecule has 4 heteroatoms. The fraction of sp³-hybridized carbons (Fsp3) is 0.0667. The van der Waals surface area contributed by atoms with Gasteiger partial charge in [-0.3, -0.25) is 9.55 Å². The van der Waals surface area contributed by atoms with E-state index >= 15 is 0 Å². The summed E-state index contributed by atoms with van der Waals surface area (Å²) in [5.74, 6) is -1.17. The van der Waals surface area contributed by atoms with Crippen molar-refractivity contribution in [1.29, 1.82) is 0 Å². The van der Waals surface area contributed by atoms with Crippen LogP contribution in [0.2, 0.25) is 0 Å². The lowest BCUT2D eigenvalue weighted by atomic mass is 9.93. The lowest BCUT2D eigenvalue weighted by Crippen LogP contribution is -1.98. The number of aromatic nitrogens is 3. The summed E-state index contributed by atoms with van der Waals surface area (Å²) in [6, 6.07) is 17.5. The lowest BCUT2D eigenvalue weighted by molar-refractivity contribution is 0.472. The molecule has 8 aromatic rings. The molecule has 0 aliphatic carbocycles. The van der Waals surface area contributed by atoms with Gasteiger partial charge >= 0.3 is 0 Å². The average Bonchev–Trinajstić information content (AvgIpc) is 3.65. The van der Waals surface area contributed by atoms with Crippen LogP contribution in [0.5, 0.6) is 5.75 Å². The maximum Gasteiger partial charge on any atom is 0.149 e. The number of aromatic hydroxyl groups is 1. The van der Waals surface area contributed by atoms with Gasteiger partial charge in [-0.05, 0) is 114 Å². The third-order valence-electron chi connectivity index (χ3n) is 8.22. The first-order valence-electron chi connectivity index (χ1n) is 23.2. The third-order valence-corrected chi connectivity index (χ3v) is 8.22. The van der Waals surface area contributed by atoms with Gasteiger partial charge in [0.2, 0.25) is 0 Å². The molecule has 2 aromatic heterocycles. The monoisotopic (exact) mass is 649 g/mol. The molecule has 0 radical (unpaired) electrons. The summed E-state index contributed by atoms with van der Waals surface area (Å²) < 4.78 is 135. The Labute approximate surface area is 309 Å². The molecule has 6 aromatic carbocycles. The van der Waals surface area contributed by atoms with Gasteiger partial charge in [0.1, 0.15) is 11.6 Å². The van der Waals surface area contributed by atoms with Gasteiger partial charge in [0.15, 0.2) is 0 Å². The highest BCUT2D eigenvalue weighted by Crippen LogP contribution is 2.41. The number of phenols is 1. The summed E-state index contributed by atoms with van der Waals surface area (Å²) in [4.78, 5) is 9.54. The molecule has 0 saturated heterocycles. The van der Waals surface area contributed by atoms with Crippen molar-refractivity contribution < 1.29 is 27.0 Å². The molecule has 2 heterocycles. The molecule has 0 saturated carbocycles. The van der Waals surface area contributed by atoms with Gasteiger partial charge in [-0.1, -0.05) is 96.4 Å². The topological polar surface area (TPSA) is 50.9 Å². The van der Waals surface area contributed by atoms with E-state index in [4.69, 9.17) is 26.9 Å². The number of hydrogen-bond acceptors (Lipinski definition) is 3. The van der Waals surface area contributed by atoms with Crippen LogP contribution in [0.3, 0.4) is 0 Å². The zero-order valence-electron chi connectivity index (χ0n) is 41.9. The average molecular weight is 650 g/mol. The maximum atomic E-state index is 11.7. The van der Waals surface area contributed by atoms with Crippen molar-refractivity contribution in [2.45, 2.75) is 20.6 Å². The number of para-hydroxylation sites is 2. The van der Waals surface area contributed by atoms with Crippen molar-refractivity contribution >= 4 is 11.0 Å². The van der Waals surface area contributed by atoms with E-state index in [0.717, 1.165) is 23.3 Å². The Morgan fingerprint density at radius 1 is 0.633 bits per heavy atom. The highest BCUT2D eigenvalue weighted by molar-refractivity contribution is 5.97. The first kappa shape index (κ1) is 17.2. The lowest BCUT2D eigenvalue weighted by Gasteiger charge is -2.13. The normalized spacial score (nSPS) is 16.4. The van der Waals surface area contributed by atoms with Crippen molar-refractivity contribution in [3.05, 3.63) is 168 Å². The molecule has 0 atom stereocenters. The molecule has 0 amide bonds. The number of phenolic OH excluding ortho intramolecular Hbond substituents is 1. The maximum absolute atomic E-state index is 11.7. The van der Waals surface area contributed by atoms with E-state index in [9.17, 15) is 5.11 Å². The number of rotatable bonds is 6. The van der Waals surface area contributed by atoms with Gasteiger partial charge < -0.3 is 5.11 Å². The predicted molar refractivity (Wildman–Crippen MR) is 202 cm³/mol. The molecule has 4 nitrogen and oxygen atoms in total. The quantitative estimate of drug-likeness (QED) is 0.195. The molecule has 0 unspecified atom stereocenters. The summed E-state index contributed by atoms with van der Waals surface area (Å²) in [5, 5.41) is 11.7. The Bertz CT molecular complexity index is 3210.